The summed E-state index contributed by atoms with van der Waals surface area (Å²) in [7, 11) is 1.57. The summed E-state index contributed by atoms with van der Waals surface area (Å²) in [6.07, 6.45) is 0.380. The van der Waals surface area contributed by atoms with Crippen LogP contribution in [0.15, 0.2) is 24.3 Å². The highest BCUT2D eigenvalue weighted by Gasteiger charge is 2.15. The predicted molar refractivity (Wildman–Crippen MR) is 66.4 cm³/mol. The summed E-state index contributed by atoms with van der Waals surface area (Å²) in [5.41, 5.74) is 0. The van der Waals surface area contributed by atoms with Crippen molar-refractivity contribution in [1.82, 2.24) is 5.32 Å². The maximum absolute atomic E-state index is 11.6. The number of methoxy groups -OCH3 is 1. The summed E-state index contributed by atoms with van der Waals surface area (Å²) in [4.78, 5) is 11.6. The molecule has 0 aromatic heterocycles. The molecule has 0 heterocycles. The SMILES string of the molecule is CCCNC(=O)[C@@H](C)Oc1ccccc1OC. The third-order valence-corrected chi connectivity index (χ3v) is 2.29. The average Bonchev–Trinajstić information content (AvgIpc) is 2.36. The Balaban J connectivity index is 2.60. The van der Waals surface area contributed by atoms with Gasteiger partial charge >= 0.3 is 0 Å². The van der Waals surface area contributed by atoms with Crippen molar-refractivity contribution >= 4 is 5.91 Å². The number of carbonyl (C=O) groups excluding carboxylic acids is 1. The molecule has 0 saturated carbocycles. The number of para-hydroxylation sites is 2. The van der Waals surface area contributed by atoms with Crippen LogP contribution in [0.2, 0.25) is 0 Å². The lowest BCUT2D eigenvalue weighted by atomic mass is 10.3. The second-order valence-corrected chi connectivity index (χ2v) is 3.70. The van der Waals surface area contributed by atoms with Gasteiger partial charge in [-0.3, -0.25) is 4.79 Å². The van der Waals surface area contributed by atoms with Crippen molar-refractivity contribution in [1.29, 1.82) is 0 Å². The molecule has 4 nitrogen and oxygen atoms in total. The van der Waals surface area contributed by atoms with Crippen molar-refractivity contribution in [3.8, 4) is 11.5 Å². The first-order chi connectivity index (χ1) is 8.19. The van der Waals surface area contributed by atoms with Crippen molar-refractivity contribution in [3.63, 3.8) is 0 Å². The van der Waals surface area contributed by atoms with Crippen molar-refractivity contribution < 1.29 is 14.3 Å². The summed E-state index contributed by atoms with van der Waals surface area (Å²) in [6.45, 7) is 4.39. The fourth-order valence-electron chi connectivity index (χ4n) is 1.35. The van der Waals surface area contributed by atoms with E-state index in [1.54, 1.807) is 26.2 Å². The van der Waals surface area contributed by atoms with Crippen LogP contribution in [-0.2, 0) is 4.79 Å². The molecule has 0 spiro atoms. The summed E-state index contributed by atoms with van der Waals surface area (Å²) >= 11 is 0. The topological polar surface area (TPSA) is 47.6 Å². The minimum atomic E-state index is -0.530. The predicted octanol–water partition coefficient (Wildman–Crippen LogP) is 1.99. The molecule has 4 heteroatoms. The van der Waals surface area contributed by atoms with Gasteiger partial charge in [-0.05, 0) is 25.5 Å². The third kappa shape index (κ3) is 3.98. The highest BCUT2D eigenvalue weighted by Crippen LogP contribution is 2.26. The molecule has 0 aliphatic rings. The lowest BCUT2D eigenvalue weighted by Gasteiger charge is -2.16. The second-order valence-electron chi connectivity index (χ2n) is 3.70. The number of hydrogen-bond acceptors (Lipinski definition) is 3. The Morgan fingerprint density at radius 3 is 2.59 bits per heavy atom. The van der Waals surface area contributed by atoms with Crippen molar-refractivity contribution in [2.24, 2.45) is 0 Å². The molecule has 0 saturated heterocycles. The fraction of sp³-hybridized carbons (Fsp3) is 0.462. The van der Waals surface area contributed by atoms with E-state index in [-0.39, 0.29) is 5.91 Å². The van der Waals surface area contributed by atoms with Gasteiger partial charge in [-0.1, -0.05) is 19.1 Å². The number of rotatable bonds is 6. The van der Waals surface area contributed by atoms with E-state index >= 15 is 0 Å². The van der Waals surface area contributed by atoms with Crippen molar-refractivity contribution in [2.45, 2.75) is 26.4 Å². The molecule has 0 bridgehead atoms. The van der Waals surface area contributed by atoms with E-state index in [4.69, 9.17) is 9.47 Å². The molecule has 1 N–H and O–H groups in total. The number of carbonyl (C=O) groups is 1. The first-order valence-corrected chi connectivity index (χ1v) is 5.76. The summed E-state index contributed by atoms with van der Waals surface area (Å²) in [5.74, 6) is 1.09. The first kappa shape index (κ1) is 13.4. The number of ether oxygens (including phenoxy) is 2. The van der Waals surface area contributed by atoms with Crippen LogP contribution in [-0.4, -0.2) is 25.7 Å². The maximum atomic E-state index is 11.6. The maximum Gasteiger partial charge on any atom is 0.260 e. The molecule has 0 fully saturated rings. The van der Waals surface area contributed by atoms with Gasteiger partial charge in [0.05, 0.1) is 7.11 Å². The number of nitrogens with one attached hydrogen (secondary N) is 1. The summed E-state index contributed by atoms with van der Waals surface area (Å²) in [5, 5.41) is 2.79. The number of hydrogen-bond donors (Lipinski definition) is 1. The second kappa shape index (κ2) is 6.78. The van der Waals surface area contributed by atoms with Crippen LogP contribution in [0.4, 0.5) is 0 Å². The zero-order chi connectivity index (χ0) is 12.7. The van der Waals surface area contributed by atoms with E-state index in [9.17, 15) is 4.79 Å². The lowest BCUT2D eigenvalue weighted by Crippen LogP contribution is -2.36. The average molecular weight is 237 g/mol. The smallest absolute Gasteiger partial charge is 0.260 e. The van der Waals surface area contributed by atoms with Gasteiger partial charge in [0, 0.05) is 6.54 Å². The Morgan fingerprint density at radius 1 is 1.35 bits per heavy atom. The molecule has 0 unspecified atom stereocenters. The molecule has 0 aliphatic carbocycles. The Bertz CT molecular complexity index is 365. The lowest BCUT2D eigenvalue weighted by molar-refractivity contribution is -0.127. The van der Waals surface area contributed by atoms with Gasteiger partial charge in [-0.15, -0.1) is 0 Å². The van der Waals surface area contributed by atoms with Crippen LogP contribution in [0.1, 0.15) is 20.3 Å². The van der Waals surface area contributed by atoms with E-state index in [1.807, 2.05) is 19.1 Å². The Hall–Kier alpha value is -1.71. The molecular formula is C13H19NO3. The fourth-order valence-corrected chi connectivity index (χ4v) is 1.35. The van der Waals surface area contributed by atoms with Crippen LogP contribution >= 0.6 is 0 Å². The quantitative estimate of drug-likeness (QED) is 0.823. The van der Waals surface area contributed by atoms with E-state index in [0.717, 1.165) is 6.42 Å². The highest BCUT2D eigenvalue weighted by molar-refractivity contribution is 5.80. The van der Waals surface area contributed by atoms with Gasteiger partial charge in [0.1, 0.15) is 0 Å². The van der Waals surface area contributed by atoms with Gasteiger partial charge in [0.25, 0.3) is 5.91 Å². The molecule has 0 radical (unpaired) electrons. The Labute approximate surface area is 102 Å². The summed E-state index contributed by atoms with van der Waals surface area (Å²) < 4.78 is 10.7. The van der Waals surface area contributed by atoms with Crippen LogP contribution in [0.25, 0.3) is 0 Å². The molecule has 1 atom stereocenters. The largest absolute Gasteiger partial charge is 0.493 e. The van der Waals surface area contributed by atoms with E-state index in [1.165, 1.54) is 0 Å². The van der Waals surface area contributed by atoms with Crippen LogP contribution in [0.3, 0.4) is 0 Å². The molecule has 1 aromatic carbocycles. The Kier molecular flexibility index (Phi) is 5.33. The highest BCUT2D eigenvalue weighted by atomic mass is 16.5. The first-order valence-electron chi connectivity index (χ1n) is 5.76. The van der Waals surface area contributed by atoms with E-state index in [2.05, 4.69) is 5.32 Å². The van der Waals surface area contributed by atoms with Gasteiger partial charge in [-0.2, -0.15) is 0 Å². The molecule has 1 rings (SSSR count). The van der Waals surface area contributed by atoms with Crippen molar-refractivity contribution in [3.05, 3.63) is 24.3 Å². The van der Waals surface area contributed by atoms with E-state index in [0.29, 0.717) is 18.0 Å². The van der Waals surface area contributed by atoms with Gasteiger partial charge < -0.3 is 14.8 Å². The van der Waals surface area contributed by atoms with Crippen LogP contribution in [0, 0.1) is 0 Å². The molecule has 0 aliphatic heterocycles. The summed E-state index contributed by atoms with van der Waals surface area (Å²) in [6, 6.07) is 7.27. The van der Waals surface area contributed by atoms with Gasteiger partial charge in [0.2, 0.25) is 0 Å². The number of benzene rings is 1. The molecule has 17 heavy (non-hydrogen) atoms. The molecule has 94 valence electrons. The van der Waals surface area contributed by atoms with Crippen LogP contribution < -0.4 is 14.8 Å². The zero-order valence-electron chi connectivity index (χ0n) is 10.5. The third-order valence-electron chi connectivity index (χ3n) is 2.29. The zero-order valence-corrected chi connectivity index (χ0v) is 10.5. The van der Waals surface area contributed by atoms with Crippen molar-refractivity contribution in [2.75, 3.05) is 13.7 Å². The minimum Gasteiger partial charge on any atom is -0.493 e. The minimum absolute atomic E-state index is 0.113. The molecule has 1 aromatic rings. The number of amides is 1. The molecular weight excluding hydrogens is 218 g/mol. The van der Waals surface area contributed by atoms with E-state index < -0.39 is 6.10 Å². The standard InChI is InChI=1S/C13H19NO3/c1-4-9-14-13(15)10(2)17-12-8-6-5-7-11(12)16-3/h5-8,10H,4,9H2,1-3H3,(H,14,15)/t10-/m1/s1. The molecule has 1 amide bonds. The monoisotopic (exact) mass is 237 g/mol. The Morgan fingerprint density at radius 2 is 2.00 bits per heavy atom. The van der Waals surface area contributed by atoms with Gasteiger partial charge in [0.15, 0.2) is 17.6 Å². The van der Waals surface area contributed by atoms with Gasteiger partial charge in [-0.25, -0.2) is 0 Å². The van der Waals surface area contributed by atoms with Crippen LogP contribution in [0.5, 0.6) is 11.5 Å². The normalized spacial score (nSPS) is 11.7.